The predicted octanol–water partition coefficient (Wildman–Crippen LogP) is 8.72. The number of phosphoric acid groups is 1. The number of hydrogen-bond donors (Lipinski definition) is 3. The number of unbranched alkanes of at least 4 members (excludes halogenated alkanes) is 12. The lowest BCUT2D eigenvalue weighted by Crippen LogP contribution is -2.37. The van der Waals surface area contributed by atoms with Crippen LogP contribution in [0.1, 0.15) is 149 Å². The average molecular weight is 829 g/mol. The zero-order valence-electron chi connectivity index (χ0n) is 36.0. The van der Waals surface area contributed by atoms with Crippen LogP contribution in [0.4, 0.5) is 0 Å². The van der Waals surface area contributed by atoms with Crippen LogP contribution in [0.25, 0.3) is 0 Å². The van der Waals surface area contributed by atoms with Crippen molar-refractivity contribution < 1.29 is 57.1 Å². The number of carbonyl (C=O) groups excluding carboxylic acids is 3. The van der Waals surface area contributed by atoms with Gasteiger partial charge in [0.2, 0.25) is 0 Å². The summed E-state index contributed by atoms with van der Waals surface area (Å²) in [5, 5.41) is 20.7. The van der Waals surface area contributed by atoms with Crippen molar-refractivity contribution in [1.82, 2.24) is 0 Å². The first-order valence-electron chi connectivity index (χ1n) is 21.8. The Balaban J connectivity index is 2.54. The molecule has 1 saturated carbocycles. The largest absolute Gasteiger partial charge is 0.472 e. The molecule has 1 rings (SSSR count). The first-order chi connectivity index (χ1) is 27.2. The van der Waals surface area contributed by atoms with Gasteiger partial charge >= 0.3 is 19.8 Å². The minimum absolute atomic E-state index is 0.00628. The van der Waals surface area contributed by atoms with Crippen LogP contribution < -0.4 is 0 Å². The van der Waals surface area contributed by atoms with E-state index in [0.29, 0.717) is 43.1 Å². The SMILES string of the molecule is CCCCCC/C=C\CCCCCCCC(=O)OC[C@H](COP(=O)(O)OCC[N+](C)(C)C)OC(=O)CCC/C=C\C[C@H]1C(=O)C[C@@H](O)[C@@H]1/C=C/[C@@H](O)CCCCC. The van der Waals surface area contributed by atoms with Gasteiger partial charge in [-0.3, -0.25) is 23.4 Å². The second kappa shape index (κ2) is 31.7. The van der Waals surface area contributed by atoms with Crippen molar-refractivity contribution in [1.29, 1.82) is 0 Å². The average Bonchev–Trinajstić information content (AvgIpc) is 3.41. The van der Waals surface area contributed by atoms with E-state index in [2.05, 4.69) is 26.0 Å². The standard InChI is InChI=1S/C44H78NO11P/c1-6-8-10-11-12-13-14-15-16-17-18-19-24-28-43(49)53-35-38(36-55-57(51,52)54-33-32-45(3,4)5)56-44(50)29-25-21-20-23-27-39-40(42(48)34-41(39)47)31-30-37(46)26-22-9-7-2/h13-14,20,23,30-31,37-40,42,46,48H,6-12,15-19,21-22,24-29,32-36H2,1-5H3/p+1/b14-13-,23-20-,31-30+/t37-,38+,39+,40+,42+/m0/s1. The molecule has 0 aliphatic heterocycles. The second-order valence-corrected chi connectivity index (χ2v) is 18.0. The zero-order chi connectivity index (χ0) is 42.4. The minimum Gasteiger partial charge on any atom is -0.462 e. The van der Waals surface area contributed by atoms with Crippen molar-refractivity contribution in [3.8, 4) is 0 Å². The van der Waals surface area contributed by atoms with E-state index < -0.39 is 44.7 Å². The van der Waals surface area contributed by atoms with Crippen molar-refractivity contribution in [2.24, 2.45) is 11.8 Å². The highest BCUT2D eigenvalue weighted by atomic mass is 31.2. The molecule has 330 valence electrons. The highest BCUT2D eigenvalue weighted by molar-refractivity contribution is 7.47. The minimum atomic E-state index is -4.45. The molecule has 1 unspecified atom stereocenters. The first kappa shape index (κ1) is 52.8. The van der Waals surface area contributed by atoms with E-state index in [-0.39, 0.29) is 50.1 Å². The normalized spacial score (nSPS) is 19.8. The van der Waals surface area contributed by atoms with Gasteiger partial charge in [0.1, 0.15) is 25.5 Å². The Kier molecular flexibility index (Phi) is 29.4. The van der Waals surface area contributed by atoms with E-state index in [9.17, 15) is 34.1 Å². The molecular formula is C44H79NO11P+. The summed E-state index contributed by atoms with van der Waals surface area (Å²) in [5.41, 5.74) is 0. The molecule has 57 heavy (non-hydrogen) atoms. The number of phosphoric ester groups is 1. The van der Waals surface area contributed by atoms with Crippen molar-refractivity contribution in [2.75, 3.05) is 47.5 Å². The summed E-state index contributed by atoms with van der Waals surface area (Å²) in [6.45, 7) is 3.96. The van der Waals surface area contributed by atoms with Crippen LogP contribution >= 0.6 is 7.82 Å². The maximum Gasteiger partial charge on any atom is 0.472 e. The van der Waals surface area contributed by atoms with Gasteiger partial charge in [-0.25, -0.2) is 4.57 Å². The number of aliphatic hydroxyl groups is 2. The molecule has 13 heteroatoms. The number of rotatable bonds is 35. The summed E-state index contributed by atoms with van der Waals surface area (Å²) in [7, 11) is 1.30. The number of ether oxygens (including phenoxy) is 2. The number of esters is 2. The lowest BCUT2D eigenvalue weighted by Gasteiger charge is -2.24. The van der Waals surface area contributed by atoms with Crippen LogP contribution in [0.15, 0.2) is 36.5 Å². The summed E-state index contributed by atoms with van der Waals surface area (Å²) in [6.07, 6.45) is 27.0. The number of hydrogen-bond acceptors (Lipinski definition) is 10. The Morgan fingerprint density at radius 3 is 2.09 bits per heavy atom. The highest BCUT2D eigenvalue weighted by Gasteiger charge is 2.39. The summed E-state index contributed by atoms with van der Waals surface area (Å²) < 4.78 is 34.2. The fraction of sp³-hybridized carbons (Fsp3) is 0.795. The van der Waals surface area contributed by atoms with Gasteiger partial charge in [-0.15, -0.1) is 0 Å². The summed E-state index contributed by atoms with van der Waals surface area (Å²) in [4.78, 5) is 48.1. The van der Waals surface area contributed by atoms with Crippen LogP contribution in [0, 0.1) is 11.8 Å². The molecule has 3 N–H and O–H groups in total. The molecule has 1 aliphatic carbocycles. The number of allylic oxidation sites excluding steroid dienone is 4. The number of likely N-dealkylation sites (N-methyl/N-ethyl adjacent to an activating group) is 1. The van der Waals surface area contributed by atoms with E-state index in [1.807, 2.05) is 33.3 Å². The van der Waals surface area contributed by atoms with E-state index in [1.54, 1.807) is 12.2 Å². The topological polar surface area (TPSA) is 166 Å². The Bertz CT molecular complexity index is 1230. The number of Topliss-reactive ketones (excluding diaryl/α,β-unsaturated/α-hetero) is 1. The van der Waals surface area contributed by atoms with Crippen molar-refractivity contribution >= 4 is 25.5 Å². The van der Waals surface area contributed by atoms with Crippen molar-refractivity contribution in [3.05, 3.63) is 36.5 Å². The zero-order valence-corrected chi connectivity index (χ0v) is 36.9. The molecular weight excluding hydrogens is 749 g/mol. The van der Waals surface area contributed by atoms with Gasteiger partial charge in [-0.2, -0.15) is 0 Å². The Hall–Kier alpha value is -2.18. The number of quaternary nitrogens is 1. The van der Waals surface area contributed by atoms with Gasteiger partial charge in [0.25, 0.3) is 0 Å². The number of nitrogens with zero attached hydrogens (tertiary/aromatic N) is 1. The summed E-state index contributed by atoms with van der Waals surface area (Å²) >= 11 is 0. The molecule has 1 fully saturated rings. The van der Waals surface area contributed by atoms with Crippen molar-refractivity contribution in [3.63, 3.8) is 0 Å². The first-order valence-corrected chi connectivity index (χ1v) is 23.3. The van der Waals surface area contributed by atoms with E-state index in [4.69, 9.17) is 18.5 Å². The monoisotopic (exact) mass is 829 g/mol. The highest BCUT2D eigenvalue weighted by Crippen LogP contribution is 2.43. The van der Waals surface area contributed by atoms with Gasteiger partial charge in [0, 0.05) is 31.1 Å². The quantitative estimate of drug-likeness (QED) is 0.0184. The Morgan fingerprint density at radius 1 is 0.807 bits per heavy atom. The van der Waals surface area contributed by atoms with Gasteiger partial charge in [0.15, 0.2) is 6.10 Å². The maximum atomic E-state index is 12.8. The smallest absolute Gasteiger partial charge is 0.462 e. The fourth-order valence-corrected chi connectivity index (χ4v) is 7.20. The van der Waals surface area contributed by atoms with Gasteiger partial charge in [-0.05, 0) is 57.8 Å². The molecule has 0 amide bonds. The fourth-order valence-electron chi connectivity index (χ4n) is 6.46. The predicted molar refractivity (Wildman–Crippen MR) is 225 cm³/mol. The summed E-state index contributed by atoms with van der Waals surface area (Å²) in [6, 6.07) is 0. The molecule has 6 atom stereocenters. The molecule has 12 nitrogen and oxygen atoms in total. The molecule has 0 aromatic rings. The third-order valence-corrected chi connectivity index (χ3v) is 11.0. The molecule has 0 saturated heterocycles. The molecule has 0 heterocycles. The maximum absolute atomic E-state index is 12.8. The van der Waals surface area contributed by atoms with Crippen LogP contribution in [0.5, 0.6) is 0 Å². The molecule has 0 radical (unpaired) electrons. The van der Waals surface area contributed by atoms with Gasteiger partial charge < -0.3 is 29.1 Å². The van der Waals surface area contributed by atoms with E-state index in [0.717, 1.165) is 57.8 Å². The molecule has 0 spiro atoms. The summed E-state index contributed by atoms with van der Waals surface area (Å²) in [5.74, 6) is -1.74. The third kappa shape index (κ3) is 28.8. The molecule has 1 aliphatic rings. The van der Waals surface area contributed by atoms with Crippen LogP contribution in [0.3, 0.4) is 0 Å². The third-order valence-electron chi connectivity index (χ3n) is 10.0. The Labute approximate surface area is 344 Å². The number of aliphatic hydroxyl groups excluding tert-OH is 2. The van der Waals surface area contributed by atoms with Gasteiger partial charge in [0.05, 0.1) is 40.0 Å². The lowest BCUT2D eigenvalue weighted by atomic mass is 9.90. The number of ketones is 1. The number of carbonyl (C=O) groups is 3. The van der Waals surface area contributed by atoms with Crippen molar-refractivity contribution in [2.45, 2.75) is 167 Å². The molecule has 0 aromatic carbocycles. The molecule has 0 aromatic heterocycles. The van der Waals surface area contributed by atoms with Gasteiger partial charge in [-0.1, -0.05) is 108 Å². The van der Waals surface area contributed by atoms with Crippen LogP contribution in [-0.4, -0.2) is 103 Å². The second-order valence-electron chi connectivity index (χ2n) is 16.5. The van der Waals surface area contributed by atoms with Crippen LogP contribution in [0.2, 0.25) is 0 Å². The molecule has 0 bridgehead atoms. The lowest BCUT2D eigenvalue weighted by molar-refractivity contribution is -0.870. The van der Waals surface area contributed by atoms with Crippen LogP contribution in [-0.2, 0) is 37.5 Å². The van der Waals surface area contributed by atoms with E-state index in [1.165, 1.54) is 25.7 Å². The Morgan fingerprint density at radius 2 is 1.40 bits per heavy atom. The van der Waals surface area contributed by atoms with E-state index >= 15 is 0 Å².